The maximum Gasteiger partial charge on any atom is 0.500 e. The molecule has 0 saturated carbocycles. The van der Waals surface area contributed by atoms with E-state index in [4.69, 9.17) is 98.2 Å². The smallest absolute Gasteiger partial charge is 0.500 e. The number of hydrogen-bond donors (Lipinski definition) is 3. The molecule has 0 radical (unpaired) electrons. The van der Waals surface area contributed by atoms with Gasteiger partial charge in [-0.1, -0.05) is 225 Å². The fourth-order valence-electron chi connectivity index (χ4n) is 15.7. The van der Waals surface area contributed by atoms with Crippen LogP contribution in [0.3, 0.4) is 0 Å². The largest absolute Gasteiger partial charge is 0.507 e. The number of unbranched alkanes of at least 4 members (excludes halogenated alkanes) is 2. The van der Waals surface area contributed by atoms with E-state index in [2.05, 4.69) is 29.6 Å². The highest BCUT2D eigenvalue weighted by atomic mass is 28.4. The maximum absolute atomic E-state index is 13.8. The fourth-order valence-corrected chi connectivity index (χ4v) is 23.7. The number of esters is 3. The average Bonchev–Trinajstić information content (AvgIpc) is 0.788. The molecular weight excluding hydrogens is 1840 g/mol. The van der Waals surface area contributed by atoms with Crippen molar-refractivity contribution in [1.82, 2.24) is 35.2 Å². The lowest BCUT2D eigenvalue weighted by Crippen LogP contribution is -2.46. The molecule has 12 rings (SSSR count). The number of phenolic OH excluding ortho intramolecular Hbond substituents is 2. The molecular formula is C110H133N7O21Si3. The molecule has 12 aromatic rings. The molecule has 3 N–H and O–H groups in total. The molecule has 3 atom stereocenters. The summed E-state index contributed by atoms with van der Waals surface area (Å²) >= 11 is 0. The lowest BCUT2D eigenvalue weighted by Gasteiger charge is -2.31. The van der Waals surface area contributed by atoms with Crippen LogP contribution in [-0.2, 0) is 73.2 Å². The van der Waals surface area contributed by atoms with Crippen molar-refractivity contribution in [3.05, 3.63) is 255 Å². The quantitative estimate of drug-likeness (QED) is 0.0138. The minimum atomic E-state index is -2.93. The normalized spacial score (nSPS) is 12.4. The summed E-state index contributed by atoms with van der Waals surface area (Å²) in [4.78, 5) is 82.0. The Kier molecular flexibility index (Phi) is 43.3. The zero-order valence-electron chi connectivity index (χ0n) is 82.9. The van der Waals surface area contributed by atoms with Crippen LogP contribution >= 0.6 is 0 Å². The number of nitrogens with one attached hydrogen (secondary N) is 1. The highest BCUT2D eigenvalue weighted by Gasteiger charge is 2.43. The molecule has 0 saturated heterocycles. The van der Waals surface area contributed by atoms with E-state index in [1.165, 1.54) is 19.1 Å². The zero-order valence-corrected chi connectivity index (χ0v) is 85.9. The molecule has 0 aliphatic heterocycles. The number of amides is 1. The Morgan fingerprint density at radius 1 is 0.319 bits per heavy atom. The average molecular weight is 1970 g/mol. The van der Waals surface area contributed by atoms with E-state index in [1.54, 1.807) is 31.2 Å². The Morgan fingerprint density at radius 3 is 0.922 bits per heavy atom. The van der Waals surface area contributed by atoms with Crippen molar-refractivity contribution in [2.75, 3.05) is 92.4 Å². The number of hydrogen-bond acceptors (Lipinski definition) is 27. The number of ether oxygens (including phenoxy) is 6. The Hall–Kier alpha value is -12.6. The Morgan fingerprint density at radius 2 is 0.603 bits per heavy atom. The molecule has 141 heavy (non-hydrogen) atoms. The summed E-state index contributed by atoms with van der Waals surface area (Å²) in [5, 5.41) is 25.7. The van der Waals surface area contributed by atoms with Gasteiger partial charge in [0.15, 0.2) is 41.1 Å². The van der Waals surface area contributed by atoms with Crippen molar-refractivity contribution in [3.63, 3.8) is 0 Å². The van der Waals surface area contributed by atoms with Crippen LogP contribution in [0.4, 0.5) is 4.79 Å². The summed E-state index contributed by atoms with van der Waals surface area (Å²) in [6, 6.07) is 83.8. The third-order valence-electron chi connectivity index (χ3n) is 22.9. The van der Waals surface area contributed by atoms with E-state index in [0.29, 0.717) is 156 Å². The number of nitrogens with zero attached hydrogens (tertiary/aromatic N) is 6. The second kappa shape index (κ2) is 56.1. The number of aromatic hydroxyl groups is 2. The van der Waals surface area contributed by atoms with Crippen molar-refractivity contribution in [1.29, 1.82) is 0 Å². The van der Waals surface area contributed by atoms with Crippen LogP contribution < -0.4 is 14.8 Å². The number of alkyl carbamates (subject to hydrolysis) is 1. The number of benzene rings is 10. The molecule has 0 spiro atoms. The highest BCUT2D eigenvalue weighted by Crippen LogP contribution is 2.39. The molecule has 2 aromatic heterocycles. The van der Waals surface area contributed by atoms with Gasteiger partial charge in [-0.2, -0.15) is 0 Å². The molecule has 2 heterocycles. The molecule has 3 unspecified atom stereocenters. The summed E-state index contributed by atoms with van der Waals surface area (Å²) in [6.07, 6.45) is 1.28. The molecule has 746 valence electrons. The first-order valence-corrected chi connectivity index (χ1v) is 54.6. The van der Waals surface area contributed by atoms with Gasteiger partial charge in [0.25, 0.3) is 0 Å². The van der Waals surface area contributed by atoms with Gasteiger partial charge in [0.2, 0.25) is 0 Å². The van der Waals surface area contributed by atoms with Gasteiger partial charge < -0.3 is 83.8 Å². The second-order valence-corrected chi connectivity index (χ2v) is 41.4. The SMILES string of the molecule is CCO[Si](CCCCC(=O)OCC(C)Oc1ccc(-c2nc(-c3ccc(-c4ccccc4)cc3)nc(-c3ccc(-c4ccccc4)cc3)n2)c(O)c1)(OCC)OCC.CCO[Si](CCCCC(=O)OCC(CC)(COC(=O)NCCC[Si](OCC)(OCC)OCC)COC(=O)C(C)Oc1ccc(-c2nc(-c3ccc(-c4ccccc4)cc3)nc(-c3ccc(-c4ccccc4)cc3)n2)c(O)c1)(OCC)OCC. The van der Waals surface area contributed by atoms with Crippen molar-refractivity contribution < 1.29 is 97.6 Å². The fraction of sp³-hybridized carbons (Fsp3) is 0.364. The minimum absolute atomic E-state index is 0.0587. The number of carbonyl (C=O) groups excluding carboxylic acids is 4. The van der Waals surface area contributed by atoms with Crippen LogP contribution in [0.5, 0.6) is 23.0 Å². The van der Waals surface area contributed by atoms with Crippen LogP contribution in [0.15, 0.2) is 255 Å². The van der Waals surface area contributed by atoms with Crippen molar-refractivity contribution in [3.8, 4) is 136 Å². The van der Waals surface area contributed by atoms with E-state index in [9.17, 15) is 29.4 Å². The third-order valence-corrected chi connectivity index (χ3v) is 32.4. The summed E-state index contributed by atoms with van der Waals surface area (Å²) in [5.41, 5.74) is 11.3. The topological polar surface area (TPSA) is 337 Å². The monoisotopic (exact) mass is 1970 g/mol. The predicted molar refractivity (Wildman–Crippen MR) is 551 cm³/mol. The van der Waals surface area contributed by atoms with E-state index in [0.717, 1.165) is 73.2 Å². The Labute approximate surface area is 831 Å². The van der Waals surface area contributed by atoms with Crippen LogP contribution in [0.1, 0.15) is 134 Å². The number of phenols is 2. The van der Waals surface area contributed by atoms with Gasteiger partial charge in [0.05, 0.1) is 16.5 Å². The highest BCUT2D eigenvalue weighted by molar-refractivity contribution is 6.61. The van der Waals surface area contributed by atoms with E-state index >= 15 is 0 Å². The summed E-state index contributed by atoms with van der Waals surface area (Å²) in [6.45, 7) is 26.0. The Bertz CT molecular complexity index is 5530. The van der Waals surface area contributed by atoms with E-state index < -0.39 is 62.1 Å². The molecule has 28 nitrogen and oxygen atoms in total. The van der Waals surface area contributed by atoms with Crippen LogP contribution in [0.2, 0.25) is 18.1 Å². The minimum Gasteiger partial charge on any atom is -0.507 e. The van der Waals surface area contributed by atoms with Crippen LogP contribution in [0, 0.1) is 5.41 Å². The van der Waals surface area contributed by atoms with Gasteiger partial charge in [-0.25, -0.2) is 39.5 Å². The predicted octanol–water partition coefficient (Wildman–Crippen LogP) is 23.0. The van der Waals surface area contributed by atoms with Gasteiger partial charge in [0.1, 0.15) is 55.5 Å². The summed E-state index contributed by atoms with van der Waals surface area (Å²) in [7, 11) is -8.57. The van der Waals surface area contributed by atoms with Crippen LogP contribution in [0.25, 0.3) is 113 Å². The zero-order chi connectivity index (χ0) is 100. The van der Waals surface area contributed by atoms with Crippen LogP contribution in [-0.4, -0.2) is 195 Å². The van der Waals surface area contributed by atoms with Gasteiger partial charge in [-0.15, -0.1) is 0 Å². The van der Waals surface area contributed by atoms with E-state index in [1.807, 2.05) is 263 Å². The second-order valence-electron chi connectivity index (χ2n) is 33.2. The number of carbonyl (C=O) groups is 4. The van der Waals surface area contributed by atoms with Gasteiger partial charge in [-0.05, 0) is 183 Å². The molecule has 1 amide bonds. The maximum atomic E-state index is 13.8. The molecule has 10 aromatic carbocycles. The lowest BCUT2D eigenvalue weighted by molar-refractivity contribution is -0.161. The number of aromatic nitrogens is 6. The van der Waals surface area contributed by atoms with Crippen molar-refractivity contribution in [2.45, 2.75) is 165 Å². The molecule has 0 aliphatic rings. The first kappa shape index (κ1) is 109. The number of rotatable bonds is 56. The van der Waals surface area contributed by atoms with Gasteiger partial charge in [0, 0.05) is 131 Å². The van der Waals surface area contributed by atoms with E-state index in [-0.39, 0.29) is 74.9 Å². The molecule has 31 heteroatoms. The summed E-state index contributed by atoms with van der Waals surface area (Å²) in [5.74, 6) is 1.07. The first-order valence-electron chi connectivity index (χ1n) is 48.8. The van der Waals surface area contributed by atoms with Gasteiger partial charge in [-0.3, -0.25) is 9.59 Å². The standard InChI is InChI=1S/C63H82N4O14Si2.C47H51N3O7Si/c1-9-63(44-72-57(69)29-22-23-41-82(75-10-2,76-11-3)77-12-4,46-74-62(71)64-40-24-42-83(78-13-5,79-14-6)80-15-7)45-73-61(70)47(8)81-54-38-39-55(56(68)43-54)60-66-58(52-34-30-50(31-35-52)48-25-18-16-19-26-48)65-59(67-60)53-36-32-51(33-37-53)49-27-20-17-21-28-49;1-5-54-58(55-6-2,56-7-3)31-15-14-20-44(52)53-33-34(4)57-41-29-30-42(43(51)32-41)47-49-45(39-25-21-37(22-26-39)35-16-10-8-11-17-35)48-46(50-47)40-27-23-38(24-28-40)36-18-12-9-13-19-36/h16-21,25-28,30-39,43,47,68H,9-15,22-24,29,40-42,44-46H2,1-8H3,(H,64,71);8-13,16-19,21-30,32,34,51H,5-7,14-15,20,31,33H2,1-4H3. The first-order chi connectivity index (χ1) is 68.5. The van der Waals surface area contributed by atoms with Crippen molar-refractivity contribution >= 4 is 50.4 Å². The van der Waals surface area contributed by atoms with Gasteiger partial charge >= 0.3 is 50.4 Å². The summed E-state index contributed by atoms with van der Waals surface area (Å²) < 4.78 is 88.6. The molecule has 0 aliphatic carbocycles. The Balaban J connectivity index is 0.000000286. The molecule has 0 fully saturated rings. The van der Waals surface area contributed by atoms with Crippen molar-refractivity contribution in [2.24, 2.45) is 5.41 Å². The third kappa shape index (κ3) is 32.7. The lowest BCUT2D eigenvalue weighted by atomic mass is 9.88. The molecule has 0 bridgehead atoms.